The molecule has 3 rings (SSSR count). The van der Waals surface area contributed by atoms with Crippen molar-refractivity contribution in [2.45, 2.75) is 37.8 Å². The minimum Gasteiger partial charge on any atom is -0.336 e. The minimum absolute atomic E-state index is 0.0133. The van der Waals surface area contributed by atoms with Gasteiger partial charge in [0.25, 0.3) is 0 Å². The average Bonchev–Trinajstić information content (AvgIpc) is 2.74. The Morgan fingerprint density at radius 2 is 2.10 bits per heavy atom. The van der Waals surface area contributed by atoms with Gasteiger partial charge in [-0.05, 0) is 32.5 Å². The van der Waals surface area contributed by atoms with E-state index in [1.807, 2.05) is 11.0 Å². The van der Waals surface area contributed by atoms with Gasteiger partial charge in [-0.15, -0.1) is 0 Å². The summed E-state index contributed by atoms with van der Waals surface area (Å²) in [6.45, 7) is 2.18. The van der Waals surface area contributed by atoms with Crippen LogP contribution in [0.2, 0.25) is 0 Å². The van der Waals surface area contributed by atoms with Gasteiger partial charge in [0.2, 0.25) is 5.91 Å². The Kier molecular flexibility index (Phi) is 3.50. The van der Waals surface area contributed by atoms with E-state index < -0.39 is 0 Å². The molecule has 2 heterocycles. The second-order valence-electron chi connectivity index (χ2n) is 6.12. The number of piperidine rings is 1. The van der Waals surface area contributed by atoms with Crippen LogP contribution in [0.4, 0.5) is 4.39 Å². The van der Waals surface area contributed by atoms with E-state index in [2.05, 4.69) is 11.9 Å². The van der Waals surface area contributed by atoms with Gasteiger partial charge in [0, 0.05) is 30.6 Å². The Balaban J connectivity index is 1.76. The molecule has 0 radical (unpaired) electrons. The number of carbonyl (C=O) groups excluding carboxylic acids is 1. The highest BCUT2D eigenvalue weighted by molar-refractivity contribution is 5.80. The standard InChI is InChI=1S/C16H21FN2O/c1-18-9-5-4-8-16(18)10-15(20)19(12-16)11-13-6-2-3-7-14(13)17/h2-3,6-7H,4-5,8-12H2,1H3. The lowest BCUT2D eigenvalue weighted by molar-refractivity contribution is -0.128. The van der Waals surface area contributed by atoms with Crippen LogP contribution in [0.15, 0.2) is 24.3 Å². The molecule has 1 aromatic carbocycles. The third-order valence-electron chi connectivity index (χ3n) is 4.83. The molecule has 0 saturated carbocycles. The van der Waals surface area contributed by atoms with Gasteiger partial charge in [0.15, 0.2) is 0 Å². The van der Waals surface area contributed by atoms with Gasteiger partial charge in [0.1, 0.15) is 5.82 Å². The summed E-state index contributed by atoms with van der Waals surface area (Å²) in [6, 6.07) is 6.72. The van der Waals surface area contributed by atoms with Crippen LogP contribution in [-0.2, 0) is 11.3 Å². The van der Waals surface area contributed by atoms with E-state index in [-0.39, 0.29) is 17.3 Å². The van der Waals surface area contributed by atoms with Crippen LogP contribution in [0.3, 0.4) is 0 Å². The monoisotopic (exact) mass is 276 g/mol. The summed E-state index contributed by atoms with van der Waals surface area (Å²) in [4.78, 5) is 16.4. The number of hydrogen-bond acceptors (Lipinski definition) is 2. The van der Waals surface area contributed by atoms with Crippen molar-refractivity contribution >= 4 is 5.91 Å². The molecule has 108 valence electrons. The highest BCUT2D eigenvalue weighted by Gasteiger charge is 2.46. The molecule has 0 N–H and O–H groups in total. The van der Waals surface area contributed by atoms with E-state index in [1.54, 1.807) is 12.1 Å². The minimum atomic E-state index is -0.224. The first-order chi connectivity index (χ1) is 9.61. The van der Waals surface area contributed by atoms with Crippen molar-refractivity contribution in [2.24, 2.45) is 0 Å². The van der Waals surface area contributed by atoms with E-state index >= 15 is 0 Å². The SMILES string of the molecule is CN1CCCCC12CC(=O)N(Cc1ccccc1F)C2. The van der Waals surface area contributed by atoms with E-state index in [0.717, 1.165) is 19.5 Å². The molecule has 4 heteroatoms. The number of likely N-dealkylation sites (N-methyl/N-ethyl adjacent to an activating group) is 1. The Hall–Kier alpha value is -1.42. The van der Waals surface area contributed by atoms with Crippen molar-refractivity contribution in [3.63, 3.8) is 0 Å². The Labute approximate surface area is 119 Å². The number of nitrogens with zero attached hydrogens (tertiary/aromatic N) is 2. The summed E-state index contributed by atoms with van der Waals surface area (Å²) in [6.07, 6.45) is 4.05. The van der Waals surface area contributed by atoms with Crippen LogP contribution < -0.4 is 0 Å². The van der Waals surface area contributed by atoms with Gasteiger partial charge in [-0.3, -0.25) is 9.69 Å². The fourth-order valence-electron chi connectivity index (χ4n) is 3.52. The maximum absolute atomic E-state index is 13.7. The summed E-state index contributed by atoms with van der Waals surface area (Å²) in [5.74, 6) is -0.0692. The molecule has 2 aliphatic heterocycles. The third-order valence-corrected chi connectivity index (χ3v) is 4.83. The normalized spacial score (nSPS) is 27.5. The summed E-state index contributed by atoms with van der Waals surface area (Å²) in [5, 5.41) is 0. The predicted molar refractivity (Wildman–Crippen MR) is 75.6 cm³/mol. The molecule has 3 nitrogen and oxygen atoms in total. The summed E-state index contributed by atoms with van der Waals surface area (Å²) in [5.41, 5.74) is 0.594. The van der Waals surface area contributed by atoms with Gasteiger partial charge >= 0.3 is 0 Å². The molecule has 1 unspecified atom stereocenters. The molecule has 2 saturated heterocycles. The first-order valence-electron chi connectivity index (χ1n) is 7.33. The maximum atomic E-state index is 13.7. The van der Waals surface area contributed by atoms with E-state index in [4.69, 9.17) is 0 Å². The largest absolute Gasteiger partial charge is 0.336 e. The zero-order valence-corrected chi connectivity index (χ0v) is 11.9. The number of hydrogen-bond donors (Lipinski definition) is 0. The number of amides is 1. The topological polar surface area (TPSA) is 23.6 Å². The van der Waals surface area contributed by atoms with Crippen LogP contribution in [0, 0.1) is 5.82 Å². The third kappa shape index (κ3) is 2.33. The van der Waals surface area contributed by atoms with Crippen LogP contribution in [-0.4, -0.2) is 41.4 Å². The van der Waals surface area contributed by atoms with Crippen LogP contribution in [0.5, 0.6) is 0 Å². The fourth-order valence-corrected chi connectivity index (χ4v) is 3.52. The molecule has 1 spiro atoms. The molecule has 0 aliphatic carbocycles. The maximum Gasteiger partial charge on any atom is 0.224 e. The fraction of sp³-hybridized carbons (Fsp3) is 0.562. The molecular formula is C16H21FN2O. The van der Waals surface area contributed by atoms with Crippen molar-refractivity contribution in [1.82, 2.24) is 9.80 Å². The second kappa shape index (κ2) is 5.17. The lowest BCUT2D eigenvalue weighted by Gasteiger charge is -2.42. The molecule has 1 aromatic rings. The number of likely N-dealkylation sites (tertiary alicyclic amines) is 2. The Morgan fingerprint density at radius 1 is 1.30 bits per heavy atom. The first kappa shape index (κ1) is 13.6. The van der Waals surface area contributed by atoms with Crippen LogP contribution in [0.25, 0.3) is 0 Å². The van der Waals surface area contributed by atoms with Crippen molar-refractivity contribution in [3.8, 4) is 0 Å². The van der Waals surface area contributed by atoms with E-state index in [1.165, 1.54) is 18.9 Å². The Morgan fingerprint density at radius 3 is 2.85 bits per heavy atom. The first-order valence-corrected chi connectivity index (χ1v) is 7.33. The van der Waals surface area contributed by atoms with E-state index in [0.29, 0.717) is 18.5 Å². The quantitative estimate of drug-likeness (QED) is 0.828. The molecule has 1 amide bonds. The average molecular weight is 276 g/mol. The summed E-state index contributed by atoms with van der Waals surface area (Å²) < 4.78 is 13.7. The lowest BCUT2D eigenvalue weighted by Crippen LogP contribution is -2.51. The highest BCUT2D eigenvalue weighted by Crippen LogP contribution is 2.36. The van der Waals surface area contributed by atoms with Crippen molar-refractivity contribution in [1.29, 1.82) is 0 Å². The number of benzene rings is 1. The predicted octanol–water partition coefficient (Wildman–Crippen LogP) is 2.41. The van der Waals surface area contributed by atoms with Gasteiger partial charge in [-0.2, -0.15) is 0 Å². The van der Waals surface area contributed by atoms with Gasteiger partial charge < -0.3 is 4.90 Å². The molecule has 20 heavy (non-hydrogen) atoms. The second-order valence-corrected chi connectivity index (χ2v) is 6.12. The highest BCUT2D eigenvalue weighted by atomic mass is 19.1. The molecule has 2 aliphatic rings. The van der Waals surface area contributed by atoms with Gasteiger partial charge in [-0.1, -0.05) is 24.6 Å². The number of carbonyl (C=O) groups is 1. The van der Waals surface area contributed by atoms with Crippen molar-refractivity contribution in [2.75, 3.05) is 20.1 Å². The smallest absolute Gasteiger partial charge is 0.224 e. The van der Waals surface area contributed by atoms with Gasteiger partial charge in [-0.25, -0.2) is 4.39 Å². The molecule has 0 bridgehead atoms. The summed E-state index contributed by atoms with van der Waals surface area (Å²) >= 11 is 0. The molecule has 2 fully saturated rings. The zero-order chi connectivity index (χ0) is 14.2. The molecular weight excluding hydrogens is 255 g/mol. The van der Waals surface area contributed by atoms with Gasteiger partial charge in [0.05, 0.1) is 0 Å². The lowest BCUT2D eigenvalue weighted by atomic mass is 9.86. The molecule has 1 atom stereocenters. The Bertz CT molecular complexity index is 519. The zero-order valence-electron chi connectivity index (χ0n) is 11.9. The van der Waals surface area contributed by atoms with Crippen LogP contribution in [0.1, 0.15) is 31.2 Å². The molecule has 0 aromatic heterocycles. The van der Waals surface area contributed by atoms with Crippen molar-refractivity contribution in [3.05, 3.63) is 35.6 Å². The van der Waals surface area contributed by atoms with E-state index in [9.17, 15) is 9.18 Å². The van der Waals surface area contributed by atoms with Crippen LogP contribution >= 0.6 is 0 Å². The number of halogens is 1. The summed E-state index contributed by atoms with van der Waals surface area (Å²) in [7, 11) is 2.11. The van der Waals surface area contributed by atoms with Crippen molar-refractivity contribution < 1.29 is 9.18 Å². The number of rotatable bonds is 2.